The number of carbonyl (C=O) groups is 1. The van der Waals surface area contributed by atoms with Crippen LogP contribution >= 0.6 is 0 Å². The molecule has 6 nitrogen and oxygen atoms in total. The number of aliphatic hydroxyl groups excluding tert-OH is 1. The Morgan fingerprint density at radius 2 is 1.73 bits per heavy atom. The number of unbranched alkanes of at least 4 members (excludes halogenated alkanes) is 7. The van der Waals surface area contributed by atoms with Crippen LogP contribution in [0.5, 0.6) is 0 Å². The van der Waals surface area contributed by atoms with Crippen molar-refractivity contribution in [3.05, 3.63) is 36.6 Å². The van der Waals surface area contributed by atoms with Gasteiger partial charge in [0.2, 0.25) is 0 Å². The van der Waals surface area contributed by atoms with Gasteiger partial charge in [-0.2, -0.15) is 0 Å². The van der Waals surface area contributed by atoms with E-state index in [0.717, 1.165) is 12.2 Å². The molecule has 26 heavy (non-hydrogen) atoms. The molecule has 0 saturated carbocycles. The average Bonchev–Trinajstić information content (AvgIpc) is 3.30. The van der Waals surface area contributed by atoms with Gasteiger partial charge in [-0.15, -0.1) is 0 Å². The van der Waals surface area contributed by atoms with Crippen molar-refractivity contribution in [1.82, 2.24) is 9.80 Å². The van der Waals surface area contributed by atoms with Gasteiger partial charge in [-0.05, 0) is 12.5 Å². The van der Waals surface area contributed by atoms with Gasteiger partial charge in [0.1, 0.15) is 0 Å². The molecule has 1 aliphatic heterocycles. The van der Waals surface area contributed by atoms with Crippen molar-refractivity contribution in [2.45, 2.75) is 64.9 Å². The Kier molecular flexibility index (Phi) is 16.5. The summed E-state index contributed by atoms with van der Waals surface area (Å²) in [4.78, 5) is 13.0. The zero-order valence-electron chi connectivity index (χ0n) is 16.3. The third kappa shape index (κ3) is 14.4. The molecule has 0 amide bonds. The van der Waals surface area contributed by atoms with Gasteiger partial charge in [0, 0.05) is 31.6 Å². The first-order valence-corrected chi connectivity index (χ1v) is 9.50. The first-order valence-electron chi connectivity index (χ1n) is 9.50. The molecule has 2 rings (SSSR count). The Bertz CT molecular complexity index is 435. The molecule has 0 bridgehead atoms. The van der Waals surface area contributed by atoms with Crippen molar-refractivity contribution in [3.8, 4) is 0 Å². The normalized spacial score (nSPS) is 12.3. The van der Waals surface area contributed by atoms with E-state index in [4.69, 9.17) is 15.0 Å². The minimum atomic E-state index is -0.250. The number of aliphatic hydroxyl groups is 1. The van der Waals surface area contributed by atoms with Gasteiger partial charge in [-0.1, -0.05) is 51.9 Å². The monoisotopic (exact) mass is 368 g/mol. The fourth-order valence-electron chi connectivity index (χ4n) is 2.57. The van der Waals surface area contributed by atoms with Gasteiger partial charge in [0.15, 0.2) is 0 Å². The van der Waals surface area contributed by atoms with E-state index >= 15 is 0 Å². The van der Waals surface area contributed by atoms with Crippen molar-refractivity contribution >= 4 is 6.47 Å². The number of rotatable bonds is 10. The van der Waals surface area contributed by atoms with E-state index in [0.29, 0.717) is 0 Å². The summed E-state index contributed by atoms with van der Waals surface area (Å²) < 4.78 is 4.65. The molecule has 0 aromatic carbocycles. The maximum atomic E-state index is 8.37. The molecular formula is C20H36N2O4. The third-order valence-electron chi connectivity index (χ3n) is 4.00. The molecule has 1 aromatic heterocycles. The lowest BCUT2D eigenvalue weighted by Crippen LogP contribution is -2.23. The van der Waals surface area contributed by atoms with E-state index in [2.05, 4.69) is 40.6 Å². The van der Waals surface area contributed by atoms with Crippen molar-refractivity contribution in [1.29, 1.82) is 0 Å². The third-order valence-corrected chi connectivity index (χ3v) is 4.00. The molecule has 0 radical (unpaired) electrons. The van der Waals surface area contributed by atoms with Crippen LogP contribution in [0.15, 0.2) is 35.4 Å². The number of carboxylic acid groups (broad SMARTS) is 1. The zero-order valence-corrected chi connectivity index (χ0v) is 16.3. The predicted octanol–water partition coefficient (Wildman–Crippen LogP) is 4.28. The maximum Gasteiger partial charge on any atom is 0.290 e. The minimum absolute atomic E-state index is 0.0660. The summed E-state index contributed by atoms with van der Waals surface area (Å²) in [5.41, 5.74) is 0.819. The summed E-state index contributed by atoms with van der Waals surface area (Å²) in [5.74, 6) is 0. The van der Waals surface area contributed by atoms with Crippen LogP contribution < -0.4 is 0 Å². The predicted molar refractivity (Wildman–Crippen MR) is 104 cm³/mol. The molecule has 1 aromatic rings. The van der Waals surface area contributed by atoms with Crippen LogP contribution in [0.3, 0.4) is 0 Å². The van der Waals surface area contributed by atoms with E-state index in [1.54, 1.807) is 6.07 Å². The van der Waals surface area contributed by atoms with Crippen LogP contribution in [0.2, 0.25) is 0 Å². The Hall–Kier alpha value is -1.95. The van der Waals surface area contributed by atoms with Crippen molar-refractivity contribution in [3.63, 3.8) is 0 Å². The van der Waals surface area contributed by atoms with Gasteiger partial charge >= 0.3 is 0 Å². The topological polar surface area (TPSA) is 77.2 Å². The largest absolute Gasteiger partial charge is 0.483 e. The molecule has 2 heterocycles. The second-order valence-electron chi connectivity index (χ2n) is 6.38. The second-order valence-corrected chi connectivity index (χ2v) is 6.38. The Morgan fingerprint density at radius 3 is 2.15 bits per heavy atom. The molecule has 150 valence electrons. The Labute approximate surface area is 158 Å². The maximum absolute atomic E-state index is 8.37. The van der Waals surface area contributed by atoms with Crippen molar-refractivity contribution < 1.29 is 19.4 Å². The molecule has 0 saturated heterocycles. The van der Waals surface area contributed by atoms with Gasteiger partial charge in [0.25, 0.3) is 6.47 Å². The van der Waals surface area contributed by atoms with Gasteiger partial charge in [-0.25, -0.2) is 0 Å². The molecule has 6 heteroatoms. The smallest absolute Gasteiger partial charge is 0.290 e. The quantitative estimate of drug-likeness (QED) is 0.474. The summed E-state index contributed by atoms with van der Waals surface area (Å²) >= 11 is 0. The number of hydrogen-bond acceptors (Lipinski definition) is 5. The molecule has 1 aliphatic rings. The van der Waals surface area contributed by atoms with Crippen LogP contribution in [0.4, 0.5) is 0 Å². The van der Waals surface area contributed by atoms with Crippen molar-refractivity contribution in [2.24, 2.45) is 0 Å². The van der Waals surface area contributed by atoms with Crippen LogP contribution in [0, 0.1) is 0 Å². The van der Waals surface area contributed by atoms with Gasteiger partial charge in [0.05, 0.1) is 25.8 Å². The first-order chi connectivity index (χ1) is 12.7. The lowest BCUT2D eigenvalue weighted by molar-refractivity contribution is -0.122. The molecule has 0 aliphatic carbocycles. The van der Waals surface area contributed by atoms with Crippen LogP contribution in [0.1, 0.15) is 63.9 Å². The highest BCUT2D eigenvalue weighted by Crippen LogP contribution is 2.10. The first kappa shape index (κ1) is 24.1. The lowest BCUT2D eigenvalue weighted by atomic mass is 10.1. The molecule has 0 atom stereocenters. The highest BCUT2D eigenvalue weighted by Gasteiger charge is 2.06. The summed E-state index contributed by atoms with van der Waals surface area (Å²) in [6.45, 7) is 4.41. The summed E-state index contributed by atoms with van der Waals surface area (Å²) in [6.07, 6.45) is 18.7. The number of furan rings is 1. The molecule has 0 unspecified atom stereocenters. The molecule has 0 fully saturated rings. The average molecular weight is 369 g/mol. The molecule has 2 N–H and O–H groups in total. The second kappa shape index (κ2) is 17.9. The van der Waals surface area contributed by atoms with Crippen LogP contribution in [-0.4, -0.2) is 46.7 Å². The van der Waals surface area contributed by atoms with E-state index in [1.165, 1.54) is 70.4 Å². The minimum Gasteiger partial charge on any atom is -0.483 e. The van der Waals surface area contributed by atoms with E-state index < -0.39 is 0 Å². The highest BCUT2D eigenvalue weighted by molar-refractivity contribution is 5.32. The van der Waals surface area contributed by atoms with Gasteiger partial charge < -0.3 is 24.4 Å². The fraction of sp³-hybridized carbons (Fsp3) is 0.650. The summed E-state index contributed by atoms with van der Waals surface area (Å²) in [5, 5.41) is 15.3. The Morgan fingerprint density at radius 1 is 1.12 bits per heavy atom. The highest BCUT2D eigenvalue weighted by atomic mass is 16.3. The van der Waals surface area contributed by atoms with E-state index in [1.807, 2.05) is 0 Å². The van der Waals surface area contributed by atoms with E-state index in [9.17, 15) is 0 Å². The fourth-order valence-corrected chi connectivity index (χ4v) is 2.57. The molecular weight excluding hydrogens is 332 g/mol. The summed E-state index contributed by atoms with van der Waals surface area (Å²) in [6, 6.07) is 1.72. The van der Waals surface area contributed by atoms with Gasteiger partial charge in [-0.3, -0.25) is 4.79 Å². The van der Waals surface area contributed by atoms with Crippen molar-refractivity contribution in [2.75, 3.05) is 20.3 Å². The number of nitrogens with zero attached hydrogens (tertiary/aromatic N) is 2. The SMILES string of the molecule is CCCCCCCCCCN1C=CN(C)C1.O=CO.OCc1ccoc1. The summed E-state index contributed by atoms with van der Waals surface area (Å²) in [7, 11) is 2.13. The Balaban J connectivity index is 0.000000514. The zero-order chi connectivity index (χ0) is 19.5. The molecule has 0 spiro atoms. The van der Waals surface area contributed by atoms with Crippen LogP contribution in [-0.2, 0) is 11.4 Å². The van der Waals surface area contributed by atoms with Crippen LogP contribution in [0.25, 0.3) is 0 Å². The standard InChI is InChI=1S/C14H28N2.C5H6O2.CH2O2/c1-3-4-5-6-7-8-9-10-11-16-13-12-15(2)14-16;6-3-5-1-2-7-4-5;2-1-3/h12-13H,3-11,14H2,1-2H3;1-2,4,6H,3H2;1H,(H,2,3). The lowest BCUT2D eigenvalue weighted by Gasteiger charge is -2.17. The number of hydrogen-bond donors (Lipinski definition) is 2. The van der Waals surface area contributed by atoms with E-state index in [-0.39, 0.29) is 13.1 Å².